The highest BCUT2D eigenvalue weighted by atomic mass is 15.3. The molecule has 1 aliphatic rings. The van der Waals surface area contributed by atoms with Crippen LogP contribution in [0, 0.1) is 0 Å². The third-order valence-electron chi connectivity index (χ3n) is 4.42. The molecule has 1 fully saturated rings. The van der Waals surface area contributed by atoms with Crippen molar-refractivity contribution in [1.29, 1.82) is 0 Å². The smallest absolute Gasteiger partial charge is 0.225 e. The van der Waals surface area contributed by atoms with Gasteiger partial charge in [-0.1, -0.05) is 0 Å². The van der Waals surface area contributed by atoms with Gasteiger partial charge in [0, 0.05) is 44.6 Å². The molecule has 130 valence electrons. The van der Waals surface area contributed by atoms with E-state index in [9.17, 15) is 0 Å². The summed E-state index contributed by atoms with van der Waals surface area (Å²) in [5, 5.41) is 7.30. The van der Waals surface area contributed by atoms with E-state index in [2.05, 4.69) is 54.0 Å². The van der Waals surface area contributed by atoms with Gasteiger partial charge in [0.1, 0.15) is 6.33 Å². The van der Waals surface area contributed by atoms with Crippen molar-refractivity contribution in [1.82, 2.24) is 34.4 Å². The first-order chi connectivity index (χ1) is 12.2. The molecule has 0 aromatic carbocycles. The molecule has 0 spiro atoms. The first-order valence-corrected chi connectivity index (χ1v) is 8.43. The Morgan fingerprint density at radius 2 is 1.76 bits per heavy atom. The van der Waals surface area contributed by atoms with Gasteiger partial charge in [0.15, 0.2) is 11.5 Å². The molecule has 25 heavy (non-hydrogen) atoms. The minimum Gasteiger partial charge on any atom is -0.338 e. The molecule has 3 aromatic rings. The Bertz CT molecular complexity index is 834. The van der Waals surface area contributed by atoms with E-state index in [1.54, 1.807) is 29.3 Å². The summed E-state index contributed by atoms with van der Waals surface area (Å²) in [6.07, 6.45) is 8.48. The topological polar surface area (TPSA) is 87.4 Å². The molecule has 3 aromatic heterocycles. The maximum atomic E-state index is 4.50. The molecule has 4 heterocycles. The van der Waals surface area contributed by atoms with Crippen LogP contribution in [-0.2, 0) is 0 Å². The van der Waals surface area contributed by atoms with Crippen molar-refractivity contribution in [3.8, 4) is 0 Å². The maximum absolute atomic E-state index is 4.50. The van der Waals surface area contributed by atoms with Crippen molar-refractivity contribution < 1.29 is 0 Å². The second-order valence-electron chi connectivity index (χ2n) is 6.32. The maximum Gasteiger partial charge on any atom is 0.225 e. The Hall–Kier alpha value is -2.81. The summed E-state index contributed by atoms with van der Waals surface area (Å²) >= 11 is 0. The van der Waals surface area contributed by atoms with Gasteiger partial charge in [0.2, 0.25) is 5.95 Å². The summed E-state index contributed by atoms with van der Waals surface area (Å²) in [5.41, 5.74) is 1.43. The van der Waals surface area contributed by atoms with Crippen molar-refractivity contribution in [3.63, 3.8) is 0 Å². The Balaban J connectivity index is 1.45. The van der Waals surface area contributed by atoms with Gasteiger partial charge in [0.05, 0.1) is 18.1 Å². The van der Waals surface area contributed by atoms with Gasteiger partial charge < -0.3 is 10.2 Å². The third kappa shape index (κ3) is 3.22. The zero-order chi connectivity index (χ0) is 17.2. The van der Waals surface area contributed by atoms with Crippen LogP contribution >= 0.6 is 0 Å². The molecular weight excluding hydrogens is 318 g/mol. The molecule has 1 N–H and O–H groups in total. The summed E-state index contributed by atoms with van der Waals surface area (Å²) in [6.45, 7) is 8.45. The second kappa shape index (κ2) is 6.60. The fourth-order valence-corrected chi connectivity index (χ4v) is 2.97. The number of hydrogen-bond acceptors (Lipinski definition) is 8. The molecule has 0 bridgehead atoms. The fraction of sp³-hybridized carbons (Fsp3) is 0.438. The second-order valence-corrected chi connectivity index (χ2v) is 6.32. The zero-order valence-corrected chi connectivity index (χ0v) is 14.4. The van der Waals surface area contributed by atoms with E-state index < -0.39 is 0 Å². The fourth-order valence-electron chi connectivity index (χ4n) is 2.97. The van der Waals surface area contributed by atoms with Crippen LogP contribution in [0.15, 0.2) is 31.1 Å². The van der Waals surface area contributed by atoms with Crippen LogP contribution in [0.25, 0.3) is 5.65 Å². The summed E-state index contributed by atoms with van der Waals surface area (Å²) in [6, 6.07) is 0.585. The predicted molar refractivity (Wildman–Crippen MR) is 95.0 cm³/mol. The van der Waals surface area contributed by atoms with Gasteiger partial charge in [-0.15, -0.1) is 0 Å². The molecule has 0 atom stereocenters. The van der Waals surface area contributed by atoms with E-state index in [4.69, 9.17) is 0 Å². The number of aromatic nitrogens is 6. The monoisotopic (exact) mass is 339 g/mol. The van der Waals surface area contributed by atoms with Crippen molar-refractivity contribution in [2.45, 2.75) is 19.9 Å². The first-order valence-electron chi connectivity index (χ1n) is 8.43. The molecular formula is C16H21N9. The van der Waals surface area contributed by atoms with E-state index in [1.165, 1.54) is 6.33 Å². The number of fused-ring (bicyclic) bond motifs is 1. The first kappa shape index (κ1) is 15.7. The summed E-state index contributed by atoms with van der Waals surface area (Å²) in [5.74, 6) is 1.39. The quantitative estimate of drug-likeness (QED) is 0.758. The lowest BCUT2D eigenvalue weighted by molar-refractivity contribution is 0.208. The van der Waals surface area contributed by atoms with Gasteiger partial charge in [-0.2, -0.15) is 5.10 Å². The van der Waals surface area contributed by atoms with Crippen LogP contribution in [0.4, 0.5) is 17.5 Å². The average molecular weight is 339 g/mol. The lowest BCUT2D eigenvalue weighted by atomic mass is 10.2. The van der Waals surface area contributed by atoms with Crippen LogP contribution in [-0.4, -0.2) is 66.7 Å². The van der Waals surface area contributed by atoms with E-state index in [-0.39, 0.29) is 0 Å². The normalized spacial score (nSPS) is 15.9. The summed E-state index contributed by atoms with van der Waals surface area (Å²) < 4.78 is 1.67. The van der Waals surface area contributed by atoms with Crippen LogP contribution in [0.1, 0.15) is 13.8 Å². The van der Waals surface area contributed by atoms with Gasteiger partial charge in [0.25, 0.3) is 0 Å². The van der Waals surface area contributed by atoms with Crippen LogP contribution in [0.2, 0.25) is 0 Å². The molecule has 1 saturated heterocycles. The van der Waals surface area contributed by atoms with E-state index in [1.807, 2.05) is 0 Å². The van der Waals surface area contributed by atoms with E-state index in [0.29, 0.717) is 17.5 Å². The van der Waals surface area contributed by atoms with Crippen LogP contribution in [0.3, 0.4) is 0 Å². The van der Waals surface area contributed by atoms with Gasteiger partial charge in [-0.25, -0.2) is 24.5 Å². The number of anilines is 3. The van der Waals surface area contributed by atoms with Gasteiger partial charge in [-0.05, 0) is 13.8 Å². The van der Waals surface area contributed by atoms with Gasteiger partial charge >= 0.3 is 0 Å². The highest BCUT2D eigenvalue weighted by Gasteiger charge is 2.20. The highest BCUT2D eigenvalue weighted by molar-refractivity contribution is 5.68. The predicted octanol–water partition coefficient (Wildman–Crippen LogP) is 1.19. The Morgan fingerprint density at radius 1 is 1.00 bits per heavy atom. The number of nitrogens with one attached hydrogen (secondary N) is 1. The van der Waals surface area contributed by atoms with Crippen molar-refractivity contribution in [2.24, 2.45) is 0 Å². The van der Waals surface area contributed by atoms with Crippen LogP contribution in [0.5, 0.6) is 0 Å². The zero-order valence-electron chi connectivity index (χ0n) is 14.4. The SMILES string of the molecule is CC(C)N1CCN(c2ncc(Nc3nccn4ncnc34)cn2)CC1. The third-order valence-corrected chi connectivity index (χ3v) is 4.42. The molecule has 4 rings (SSSR count). The minimum atomic E-state index is 0.585. The summed E-state index contributed by atoms with van der Waals surface area (Å²) in [4.78, 5) is 22.2. The van der Waals surface area contributed by atoms with Crippen molar-refractivity contribution >= 4 is 23.1 Å². The minimum absolute atomic E-state index is 0.585. The standard InChI is InChI=1S/C16H21N9/c1-12(2)23-5-7-24(8-6-23)16-18-9-13(10-19-16)22-14-15-20-11-21-25(15)4-3-17-14/h3-4,9-12H,5-8H2,1-2H3,(H,17,22). The number of piperazine rings is 1. The molecule has 0 amide bonds. The van der Waals surface area contributed by atoms with E-state index >= 15 is 0 Å². The molecule has 9 heteroatoms. The summed E-state index contributed by atoms with van der Waals surface area (Å²) in [7, 11) is 0. The van der Waals surface area contributed by atoms with E-state index in [0.717, 1.165) is 37.8 Å². The Kier molecular flexibility index (Phi) is 4.14. The molecule has 0 unspecified atom stereocenters. The van der Waals surface area contributed by atoms with Crippen molar-refractivity contribution in [2.75, 3.05) is 36.4 Å². The molecule has 0 saturated carbocycles. The number of nitrogens with zero attached hydrogens (tertiary/aromatic N) is 8. The number of hydrogen-bond donors (Lipinski definition) is 1. The molecule has 9 nitrogen and oxygen atoms in total. The molecule has 0 aliphatic carbocycles. The lowest BCUT2D eigenvalue weighted by Gasteiger charge is -2.36. The Morgan fingerprint density at radius 3 is 2.48 bits per heavy atom. The van der Waals surface area contributed by atoms with Crippen molar-refractivity contribution in [3.05, 3.63) is 31.1 Å². The van der Waals surface area contributed by atoms with Crippen LogP contribution < -0.4 is 10.2 Å². The lowest BCUT2D eigenvalue weighted by Crippen LogP contribution is -2.49. The Labute approximate surface area is 145 Å². The highest BCUT2D eigenvalue weighted by Crippen LogP contribution is 2.18. The van der Waals surface area contributed by atoms with Gasteiger partial charge in [-0.3, -0.25) is 4.90 Å². The molecule has 1 aliphatic heterocycles. The molecule has 0 radical (unpaired) electrons. The largest absolute Gasteiger partial charge is 0.338 e. The average Bonchev–Trinajstić information content (AvgIpc) is 3.12. The number of rotatable bonds is 4.